The van der Waals surface area contributed by atoms with Gasteiger partial charge in [-0.1, -0.05) is 31.4 Å². The largest absolute Gasteiger partial charge is 0.452 e. The summed E-state index contributed by atoms with van der Waals surface area (Å²) in [6, 6.07) is 4.65. The number of nitrogens with two attached hydrogens (primary N) is 1. The molecule has 6 heteroatoms. The number of hydrogen-bond acceptors (Lipinski definition) is 4. The SMILES string of the molecule is C[C@@H]1CCCC[C@H]1NC(=O)COC(=O)c1ccc(Cl)c(N)c1. The van der Waals surface area contributed by atoms with Gasteiger partial charge in [0.15, 0.2) is 6.61 Å². The zero-order chi connectivity index (χ0) is 16.1. The Bertz CT molecular complexity index is 562. The predicted molar refractivity (Wildman–Crippen MR) is 85.7 cm³/mol. The van der Waals surface area contributed by atoms with Crippen LogP contribution < -0.4 is 11.1 Å². The van der Waals surface area contributed by atoms with Gasteiger partial charge in [-0.05, 0) is 37.0 Å². The zero-order valence-corrected chi connectivity index (χ0v) is 13.4. The summed E-state index contributed by atoms with van der Waals surface area (Å²) in [5.74, 6) is -0.395. The number of halogens is 1. The topological polar surface area (TPSA) is 81.4 Å². The first-order chi connectivity index (χ1) is 10.5. The van der Waals surface area contributed by atoms with Crippen molar-refractivity contribution in [3.63, 3.8) is 0 Å². The molecule has 1 aliphatic rings. The van der Waals surface area contributed by atoms with Gasteiger partial charge in [0.25, 0.3) is 5.91 Å². The number of esters is 1. The molecule has 22 heavy (non-hydrogen) atoms. The van der Waals surface area contributed by atoms with Crippen molar-refractivity contribution < 1.29 is 14.3 Å². The van der Waals surface area contributed by atoms with E-state index in [4.69, 9.17) is 22.1 Å². The maximum absolute atomic E-state index is 11.9. The summed E-state index contributed by atoms with van der Waals surface area (Å²) < 4.78 is 5.01. The number of benzene rings is 1. The average Bonchev–Trinajstić information content (AvgIpc) is 2.50. The lowest BCUT2D eigenvalue weighted by molar-refractivity contribution is -0.125. The van der Waals surface area contributed by atoms with Gasteiger partial charge >= 0.3 is 5.97 Å². The van der Waals surface area contributed by atoms with Crippen molar-refractivity contribution >= 4 is 29.2 Å². The molecule has 0 spiro atoms. The van der Waals surface area contributed by atoms with Crippen molar-refractivity contribution in [1.29, 1.82) is 0 Å². The average molecular weight is 325 g/mol. The third-order valence-electron chi connectivity index (χ3n) is 4.02. The fourth-order valence-corrected chi connectivity index (χ4v) is 2.78. The number of ether oxygens (including phenoxy) is 1. The molecule has 1 aliphatic carbocycles. The molecular formula is C16H21ClN2O3. The smallest absolute Gasteiger partial charge is 0.338 e. The summed E-state index contributed by atoms with van der Waals surface area (Å²) in [6.45, 7) is 1.84. The van der Waals surface area contributed by atoms with E-state index in [1.54, 1.807) is 0 Å². The summed E-state index contributed by atoms with van der Waals surface area (Å²) in [7, 11) is 0. The summed E-state index contributed by atoms with van der Waals surface area (Å²) in [5.41, 5.74) is 6.22. The molecule has 5 nitrogen and oxygen atoms in total. The van der Waals surface area contributed by atoms with Crippen LogP contribution in [-0.4, -0.2) is 24.5 Å². The van der Waals surface area contributed by atoms with E-state index >= 15 is 0 Å². The van der Waals surface area contributed by atoms with Gasteiger partial charge in [-0.2, -0.15) is 0 Å². The zero-order valence-electron chi connectivity index (χ0n) is 12.6. The molecule has 1 saturated carbocycles. The number of hydrogen-bond donors (Lipinski definition) is 2. The molecule has 1 aromatic carbocycles. The van der Waals surface area contributed by atoms with E-state index in [1.165, 1.54) is 24.6 Å². The Morgan fingerprint density at radius 3 is 2.77 bits per heavy atom. The van der Waals surface area contributed by atoms with Gasteiger partial charge in [-0.3, -0.25) is 4.79 Å². The van der Waals surface area contributed by atoms with Gasteiger partial charge in [0.2, 0.25) is 0 Å². The Hall–Kier alpha value is -1.75. The highest BCUT2D eigenvalue weighted by atomic mass is 35.5. The maximum Gasteiger partial charge on any atom is 0.338 e. The molecule has 0 aromatic heterocycles. The van der Waals surface area contributed by atoms with E-state index in [1.807, 2.05) is 0 Å². The Balaban J connectivity index is 1.82. The van der Waals surface area contributed by atoms with Gasteiger partial charge in [0.05, 0.1) is 16.3 Å². The van der Waals surface area contributed by atoms with Gasteiger partial charge in [-0.25, -0.2) is 4.79 Å². The normalized spacial score (nSPS) is 21.2. The number of nitrogen functional groups attached to an aromatic ring is 1. The van der Waals surface area contributed by atoms with Gasteiger partial charge < -0.3 is 15.8 Å². The standard InChI is InChI=1S/C16H21ClN2O3/c1-10-4-2-3-5-14(10)19-15(20)9-22-16(21)11-6-7-12(17)13(18)8-11/h6-8,10,14H,2-5,9,18H2,1H3,(H,19,20)/t10-,14-/m1/s1. The molecule has 0 unspecified atom stereocenters. The fraction of sp³-hybridized carbons (Fsp3) is 0.500. The van der Waals surface area contributed by atoms with Crippen LogP contribution in [-0.2, 0) is 9.53 Å². The lowest BCUT2D eigenvalue weighted by atomic mass is 9.86. The molecule has 0 radical (unpaired) electrons. The second kappa shape index (κ2) is 7.49. The van der Waals surface area contributed by atoms with E-state index in [0.717, 1.165) is 19.3 Å². The highest BCUT2D eigenvalue weighted by Gasteiger charge is 2.23. The predicted octanol–water partition coefficient (Wildman–Crippen LogP) is 2.77. The Morgan fingerprint density at radius 2 is 2.09 bits per heavy atom. The highest BCUT2D eigenvalue weighted by Crippen LogP contribution is 2.23. The number of nitrogens with one attached hydrogen (secondary N) is 1. The monoisotopic (exact) mass is 324 g/mol. The van der Waals surface area contributed by atoms with E-state index < -0.39 is 5.97 Å². The molecule has 0 heterocycles. The second-order valence-electron chi connectivity index (χ2n) is 5.75. The summed E-state index contributed by atoms with van der Waals surface area (Å²) in [6.07, 6.45) is 4.43. The molecule has 0 aliphatic heterocycles. The lowest BCUT2D eigenvalue weighted by Gasteiger charge is -2.29. The molecule has 2 atom stereocenters. The second-order valence-corrected chi connectivity index (χ2v) is 6.16. The molecule has 0 bridgehead atoms. The Labute approximate surface area is 135 Å². The number of amides is 1. The Morgan fingerprint density at radius 1 is 1.36 bits per heavy atom. The van der Waals surface area contributed by atoms with Crippen LogP contribution in [0.4, 0.5) is 5.69 Å². The van der Waals surface area contributed by atoms with Crippen molar-refractivity contribution in [3.05, 3.63) is 28.8 Å². The molecule has 1 amide bonds. The van der Waals surface area contributed by atoms with Crippen LogP contribution in [0.3, 0.4) is 0 Å². The quantitative estimate of drug-likeness (QED) is 0.659. The van der Waals surface area contributed by atoms with Crippen LogP contribution in [0.5, 0.6) is 0 Å². The van der Waals surface area contributed by atoms with Crippen LogP contribution >= 0.6 is 11.6 Å². The number of carbonyl (C=O) groups excluding carboxylic acids is 2. The number of carbonyl (C=O) groups is 2. The maximum atomic E-state index is 11.9. The van der Waals surface area contributed by atoms with Gasteiger partial charge in [0.1, 0.15) is 0 Å². The molecule has 2 rings (SSSR count). The summed E-state index contributed by atoms with van der Waals surface area (Å²) in [5, 5.41) is 3.31. The minimum absolute atomic E-state index is 0.172. The van der Waals surface area contributed by atoms with Crippen molar-refractivity contribution in [2.75, 3.05) is 12.3 Å². The molecule has 3 N–H and O–H groups in total. The van der Waals surface area contributed by atoms with Gasteiger partial charge in [-0.15, -0.1) is 0 Å². The first-order valence-corrected chi connectivity index (χ1v) is 7.86. The van der Waals surface area contributed by atoms with Crippen LogP contribution in [0, 0.1) is 5.92 Å². The van der Waals surface area contributed by atoms with Crippen molar-refractivity contribution in [2.24, 2.45) is 5.92 Å². The van der Waals surface area contributed by atoms with Gasteiger partial charge in [0, 0.05) is 6.04 Å². The van der Waals surface area contributed by atoms with Crippen molar-refractivity contribution in [3.8, 4) is 0 Å². The van der Waals surface area contributed by atoms with Crippen LogP contribution in [0.1, 0.15) is 43.0 Å². The summed E-state index contributed by atoms with van der Waals surface area (Å²) >= 11 is 5.79. The summed E-state index contributed by atoms with van der Waals surface area (Å²) in [4.78, 5) is 23.7. The van der Waals surface area contributed by atoms with E-state index in [9.17, 15) is 9.59 Å². The number of rotatable bonds is 4. The highest BCUT2D eigenvalue weighted by molar-refractivity contribution is 6.33. The van der Waals surface area contributed by atoms with E-state index in [0.29, 0.717) is 16.6 Å². The van der Waals surface area contributed by atoms with Crippen LogP contribution in [0.2, 0.25) is 5.02 Å². The van der Waals surface area contributed by atoms with E-state index in [-0.39, 0.29) is 24.1 Å². The molecule has 0 saturated heterocycles. The molecule has 120 valence electrons. The first kappa shape index (κ1) is 16.6. The molecule has 1 fully saturated rings. The van der Waals surface area contributed by atoms with Crippen molar-refractivity contribution in [2.45, 2.75) is 38.6 Å². The van der Waals surface area contributed by atoms with E-state index in [2.05, 4.69) is 12.2 Å². The Kier molecular flexibility index (Phi) is 5.66. The van der Waals surface area contributed by atoms with Crippen LogP contribution in [0.25, 0.3) is 0 Å². The molecular weight excluding hydrogens is 304 g/mol. The molecule has 1 aromatic rings. The first-order valence-electron chi connectivity index (χ1n) is 7.49. The number of anilines is 1. The third kappa shape index (κ3) is 4.37. The van der Waals surface area contributed by atoms with Crippen molar-refractivity contribution in [1.82, 2.24) is 5.32 Å². The minimum Gasteiger partial charge on any atom is -0.452 e. The lowest BCUT2D eigenvalue weighted by Crippen LogP contribution is -2.42. The third-order valence-corrected chi connectivity index (χ3v) is 4.37. The van der Waals surface area contributed by atoms with Crippen LogP contribution in [0.15, 0.2) is 18.2 Å². The fourth-order valence-electron chi connectivity index (χ4n) is 2.66. The minimum atomic E-state index is -0.588.